The zero-order valence-corrected chi connectivity index (χ0v) is 10.0. The highest BCUT2D eigenvalue weighted by Gasteiger charge is 2.54. The van der Waals surface area contributed by atoms with E-state index < -0.39 is 5.54 Å². The van der Waals surface area contributed by atoms with E-state index in [4.69, 9.17) is 5.26 Å². The van der Waals surface area contributed by atoms with Gasteiger partial charge in [-0.3, -0.25) is 9.69 Å². The van der Waals surface area contributed by atoms with Crippen molar-refractivity contribution < 1.29 is 9.59 Å². The highest BCUT2D eigenvalue weighted by atomic mass is 16.2. The summed E-state index contributed by atoms with van der Waals surface area (Å²) in [5.74, 6) is 0.0461. The van der Waals surface area contributed by atoms with E-state index in [-0.39, 0.29) is 30.8 Å². The Morgan fingerprint density at radius 3 is 2.94 bits per heavy atom. The van der Waals surface area contributed by atoms with Crippen LogP contribution in [0.2, 0.25) is 0 Å². The lowest BCUT2D eigenvalue weighted by Gasteiger charge is -2.36. The Balaban J connectivity index is 2.19. The molecule has 2 aliphatic rings. The monoisotopic (exact) mass is 235 g/mol. The van der Waals surface area contributed by atoms with Gasteiger partial charge in [-0.15, -0.1) is 0 Å². The maximum Gasteiger partial charge on any atom is 0.325 e. The third-order valence-electron chi connectivity index (χ3n) is 3.95. The van der Waals surface area contributed by atoms with Gasteiger partial charge in [-0.1, -0.05) is 19.8 Å². The Bertz CT molecular complexity index is 388. The van der Waals surface area contributed by atoms with E-state index in [1.165, 1.54) is 4.90 Å². The van der Waals surface area contributed by atoms with Crippen molar-refractivity contribution in [2.45, 2.75) is 44.6 Å². The van der Waals surface area contributed by atoms with Crippen LogP contribution in [-0.4, -0.2) is 28.9 Å². The van der Waals surface area contributed by atoms with E-state index >= 15 is 0 Å². The number of amides is 3. The lowest BCUT2D eigenvalue weighted by atomic mass is 9.73. The molecular weight excluding hydrogens is 218 g/mol. The molecule has 3 amide bonds. The average Bonchev–Trinajstić information content (AvgIpc) is 2.54. The molecular formula is C12H17N3O2. The molecule has 1 saturated carbocycles. The number of urea groups is 1. The van der Waals surface area contributed by atoms with Crippen molar-refractivity contribution in [1.29, 1.82) is 5.26 Å². The van der Waals surface area contributed by atoms with Crippen molar-refractivity contribution >= 4 is 11.9 Å². The second-order valence-corrected chi connectivity index (χ2v) is 4.91. The van der Waals surface area contributed by atoms with Crippen molar-refractivity contribution in [3.05, 3.63) is 0 Å². The summed E-state index contributed by atoms with van der Waals surface area (Å²) < 4.78 is 0. The number of rotatable bonds is 2. The first-order valence-corrected chi connectivity index (χ1v) is 6.13. The lowest BCUT2D eigenvalue weighted by Crippen LogP contribution is -2.53. The van der Waals surface area contributed by atoms with Crippen molar-refractivity contribution in [2.75, 3.05) is 6.54 Å². The standard InChI is InChI=1S/C12H17N3O2/c1-9-5-2-3-6-12(9)10(16)15(8-4-7-13)11(17)14-12/h9H,2-6,8H2,1H3,(H,14,17)/t9-,12+/m1/s1. The van der Waals surface area contributed by atoms with E-state index in [1.54, 1.807) is 0 Å². The number of hydrogen-bond donors (Lipinski definition) is 1. The highest BCUT2D eigenvalue weighted by Crippen LogP contribution is 2.38. The smallest absolute Gasteiger partial charge is 0.323 e. The van der Waals surface area contributed by atoms with Gasteiger partial charge < -0.3 is 5.32 Å². The molecule has 1 aliphatic heterocycles. The van der Waals surface area contributed by atoms with Crippen LogP contribution in [0.15, 0.2) is 0 Å². The van der Waals surface area contributed by atoms with Crippen LogP contribution in [-0.2, 0) is 4.79 Å². The Morgan fingerprint density at radius 1 is 1.53 bits per heavy atom. The summed E-state index contributed by atoms with van der Waals surface area (Å²) in [4.78, 5) is 25.3. The quantitative estimate of drug-likeness (QED) is 0.735. The topological polar surface area (TPSA) is 73.2 Å². The normalized spacial score (nSPS) is 32.7. The summed E-state index contributed by atoms with van der Waals surface area (Å²) in [7, 11) is 0. The summed E-state index contributed by atoms with van der Waals surface area (Å²) in [6.07, 6.45) is 3.98. The Kier molecular flexibility index (Phi) is 3.05. The van der Waals surface area contributed by atoms with E-state index in [1.807, 2.05) is 13.0 Å². The van der Waals surface area contributed by atoms with E-state index in [9.17, 15) is 9.59 Å². The van der Waals surface area contributed by atoms with Crippen LogP contribution in [0.5, 0.6) is 0 Å². The molecule has 1 saturated heterocycles. The molecule has 1 spiro atoms. The van der Waals surface area contributed by atoms with Gasteiger partial charge in [-0.2, -0.15) is 5.26 Å². The molecule has 2 atom stereocenters. The molecule has 0 aromatic heterocycles. The fourth-order valence-corrected chi connectivity index (χ4v) is 2.86. The molecule has 2 rings (SSSR count). The second kappa shape index (κ2) is 4.36. The number of imide groups is 1. The highest BCUT2D eigenvalue weighted by molar-refractivity contribution is 6.07. The zero-order chi connectivity index (χ0) is 12.5. The molecule has 1 N–H and O–H groups in total. The van der Waals surface area contributed by atoms with Crippen molar-refractivity contribution in [2.24, 2.45) is 5.92 Å². The number of carbonyl (C=O) groups excluding carboxylic acids is 2. The molecule has 17 heavy (non-hydrogen) atoms. The van der Waals surface area contributed by atoms with Crippen LogP contribution in [0.25, 0.3) is 0 Å². The third-order valence-corrected chi connectivity index (χ3v) is 3.95. The molecule has 92 valence electrons. The number of hydrogen-bond acceptors (Lipinski definition) is 3. The molecule has 0 aromatic carbocycles. The van der Waals surface area contributed by atoms with Gasteiger partial charge in [0.05, 0.1) is 12.5 Å². The van der Waals surface area contributed by atoms with Gasteiger partial charge in [-0.25, -0.2) is 4.79 Å². The lowest BCUT2D eigenvalue weighted by molar-refractivity contribution is -0.134. The molecule has 0 aromatic rings. The molecule has 0 radical (unpaired) electrons. The van der Waals surface area contributed by atoms with E-state index in [0.717, 1.165) is 25.7 Å². The zero-order valence-electron chi connectivity index (χ0n) is 10.0. The third kappa shape index (κ3) is 1.78. The molecule has 1 aliphatic carbocycles. The van der Waals surface area contributed by atoms with Gasteiger partial charge in [0.15, 0.2) is 0 Å². The van der Waals surface area contributed by atoms with Gasteiger partial charge >= 0.3 is 6.03 Å². The second-order valence-electron chi connectivity index (χ2n) is 4.91. The first kappa shape index (κ1) is 11.9. The summed E-state index contributed by atoms with van der Waals surface area (Å²) in [6.45, 7) is 2.22. The Hall–Kier alpha value is -1.57. The Labute approximate surface area is 101 Å². The summed E-state index contributed by atoms with van der Waals surface area (Å²) in [6, 6.07) is 1.63. The molecule has 5 nitrogen and oxygen atoms in total. The number of nitriles is 1. The molecule has 0 bridgehead atoms. The molecule has 2 fully saturated rings. The minimum Gasteiger partial charge on any atom is -0.323 e. The molecule has 1 heterocycles. The van der Waals surface area contributed by atoms with Crippen LogP contribution in [0.3, 0.4) is 0 Å². The molecule has 5 heteroatoms. The number of nitrogens with zero attached hydrogens (tertiary/aromatic N) is 2. The van der Waals surface area contributed by atoms with Crippen LogP contribution in [0.1, 0.15) is 39.0 Å². The van der Waals surface area contributed by atoms with Crippen LogP contribution < -0.4 is 5.32 Å². The van der Waals surface area contributed by atoms with E-state index in [0.29, 0.717) is 0 Å². The summed E-state index contributed by atoms with van der Waals surface area (Å²) in [5, 5.41) is 11.4. The number of nitrogens with one attached hydrogen (secondary N) is 1. The fraction of sp³-hybridized carbons (Fsp3) is 0.750. The van der Waals surface area contributed by atoms with Gasteiger partial charge in [-0.05, 0) is 18.8 Å². The number of carbonyl (C=O) groups is 2. The predicted octanol–water partition coefficient (Wildman–Crippen LogP) is 1.40. The van der Waals surface area contributed by atoms with Gasteiger partial charge in [0.2, 0.25) is 0 Å². The summed E-state index contributed by atoms with van der Waals surface area (Å²) >= 11 is 0. The fourth-order valence-electron chi connectivity index (χ4n) is 2.86. The van der Waals surface area contributed by atoms with Crippen LogP contribution in [0.4, 0.5) is 4.79 Å². The Morgan fingerprint density at radius 2 is 2.29 bits per heavy atom. The van der Waals surface area contributed by atoms with Crippen LogP contribution in [0, 0.1) is 17.2 Å². The maximum absolute atomic E-state index is 12.3. The van der Waals surface area contributed by atoms with Crippen molar-refractivity contribution in [3.8, 4) is 6.07 Å². The summed E-state index contributed by atoms with van der Waals surface area (Å²) in [5.41, 5.74) is -0.690. The maximum atomic E-state index is 12.3. The van der Waals surface area contributed by atoms with Gasteiger partial charge in [0.25, 0.3) is 5.91 Å². The van der Waals surface area contributed by atoms with Crippen LogP contribution >= 0.6 is 0 Å². The first-order valence-electron chi connectivity index (χ1n) is 6.13. The minimum atomic E-state index is -0.690. The first-order chi connectivity index (χ1) is 8.12. The SMILES string of the molecule is C[C@@H]1CCCC[C@]12NC(=O)N(CCC#N)C2=O. The van der Waals surface area contributed by atoms with Gasteiger partial charge in [0.1, 0.15) is 5.54 Å². The van der Waals surface area contributed by atoms with E-state index in [2.05, 4.69) is 5.32 Å². The predicted molar refractivity (Wildman–Crippen MR) is 60.8 cm³/mol. The average molecular weight is 235 g/mol. The van der Waals surface area contributed by atoms with Crippen molar-refractivity contribution in [3.63, 3.8) is 0 Å². The van der Waals surface area contributed by atoms with Crippen molar-refractivity contribution in [1.82, 2.24) is 10.2 Å². The minimum absolute atomic E-state index is 0.134. The largest absolute Gasteiger partial charge is 0.325 e. The molecule has 0 unspecified atom stereocenters. The van der Waals surface area contributed by atoms with Gasteiger partial charge in [0, 0.05) is 6.54 Å².